The van der Waals surface area contributed by atoms with Crippen LogP contribution in [0.25, 0.3) is 11.0 Å². The third-order valence-corrected chi connectivity index (χ3v) is 3.33. The number of imidazole rings is 1. The predicted octanol–water partition coefficient (Wildman–Crippen LogP) is 3.03. The van der Waals surface area contributed by atoms with Crippen LogP contribution in [0, 0.1) is 0 Å². The Kier molecular flexibility index (Phi) is 4.66. The molecule has 1 aromatic carbocycles. The molecule has 4 nitrogen and oxygen atoms in total. The van der Waals surface area contributed by atoms with E-state index in [0.717, 1.165) is 29.0 Å². The van der Waals surface area contributed by atoms with Gasteiger partial charge in [-0.25, -0.2) is 4.98 Å². The van der Waals surface area contributed by atoms with Crippen LogP contribution in [0.3, 0.4) is 0 Å². The average Bonchev–Trinajstić information content (AvgIpc) is 2.76. The minimum absolute atomic E-state index is 0.224. The summed E-state index contributed by atoms with van der Waals surface area (Å²) in [5.41, 5.74) is 2.02. The highest BCUT2D eigenvalue weighted by Crippen LogP contribution is 2.25. The van der Waals surface area contributed by atoms with Gasteiger partial charge in [0.15, 0.2) is 0 Å². The van der Waals surface area contributed by atoms with Crippen molar-refractivity contribution in [3.05, 3.63) is 24.0 Å². The second-order valence-corrected chi connectivity index (χ2v) is 4.87. The molecule has 0 aliphatic rings. The number of aromatic nitrogens is 2. The number of fused-ring (bicyclic) bond motifs is 1. The van der Waals surface area contributed by atoms with Crippen LogP contribution in [-0.4, -0.2) is 36.3 Å². The second-order valence-electron chi connectivity index (χ2n) is 4.50. The summed E-state index contributed by atoms with van der Waals surface area (Å²) in [6.45, 7) is 2.76. The highest BCUT2D eigenvalue weighted by atomic mass is 35.5. The van der Waals surface area contributed by atoms with E-state index in [-0.39, 0.29) is 6.04 Å². The maximum atomic E-state index is 5.87. The number of nitrogens with zero attached hydrogens (tertiary/aromatic N) is 2. The Hall–Kier alpha value is -1.26. The van der Waals surface area contributed by atoms with E-state index in [1.54, 1.807) is 14.2 Å². The molecule has 0 N–H and O–H groups in total. The van der Waals surface area contributed by atoms with Crippen LogP contribution in [0.15, 0.2) is 18.2 Å². The predicted molar refractivity (Wildman–Crippen MR) is 77.3 cm³/mol. The van der Waals surface area contributed by atoms with Crippen molar-refractivity contribution in [1.82, 2.24) is 9.55 Å². The zero-order chi connectivity index (χ0) is 13.8. The standard InChI is InChI=1S/C14H19ClN2O2/c1-10(9-18-2)17-13-5-4-11(19-3)8-12(13)16-14(17)6-7-15/h4-5,8,10H,6-7,9H2,1-3H3. The summed E-state index contributed by atoms with van der Waals surface area (Å²) >= 11 is 5.87. The normalized spacial score (nSPS) is 12.8. The van der Waals surface area contributed by atoms with Gasteiger partial charge in [-0.3, -0.25) is 0 Å². The highest BCUT2D eigenvalue weighted by molar-refractivity contribution is 6.17. The number of hydrogen-bond acceptors (Lipinski definition) is 3. The monoisotopic (exact) mass is 282 g/mol. The molecule has 0 saturated heterocycles. The minimum Gasteiger partial charge on any atom is -0.497 e. The van der Waals surface area contributed by atoms with Crippen LogP contribution in [0.4, 0.5) is 0 Å². The lowest BCUT2D eigenvalue weighted by atomic mass is 10.2. The van der Waals surface area contributed by atoms with Crippen LogP contribution >= 0.6 is 11.6 Å². The summed E-state index contributed by atoms with van der Waals surface area (Å²) < 4.78 is 12.7. The van der Waals surface area contributed by atoms with Gasteiger partial charge in [0.25, 0.3) is 0 Å². The number of ether oxygens (including phenoxy) is 2. The molecule has 1 aromatic heterocycles. The van der Waals surface area contributed by atoms with Crippen LogP contribution in [0.2, 0.25) is 0 Å². The molecule has 0 aliphatic carbocycles. The number of alkyl halides is 1. The number of aryl methyl sites for hydroxylation is 1. The second kappa shape index (κ2) is 6.26. The van der Waals surface area contributed by atoms with E-state index in [9.17, 15) is 0 Å². The third kappa shape index (κ3) is 2.85. The molecule has 0 amide bonds. The van der Waals surface area contributed by atoms with Crippen molar-refractivity contribution in [1.29, 1.82) is 0 Å². The lowest BCUT2D eigenvalue weighted by Gasteiger charge is -2.16. The fourth-order valence-electron chi connectivity index (χ4n) is 2.32. The van der Waals surface area contributed by atoms with Gasteiger partial charge in [0.05, 0.1) is 30.8 Å². The molecule has 1 heterocycles. The van der Waals surface area contributed by atoms with Gasteiger partial charge in [0, 0.05) is 25.5 Å². The average molecular weight is 283 g/mol. The Morgan fingerprint density at radius 3 is 2.79 bits per heavy atom. The van der Waals surface area contributed by atoms with Gasteiger partial charge in [-0.05, 0) is 19.1 Å². The van der Waals surface area contributed by atoms with Crippen molar-refractivity contribution < 1.29 is 9.47 Å². The number of hydrogen-bond donors (Lipinski definition) is 0. The Labute approximate surface area is 118 Å². The maximum absolute atomic E-state index is 5.87. The first-order chi connectivity index (χ1) is 9.21. The first kappa shape index (κ1) is 14.2. The van der Waals surface area contributed by atoms with E-state index >= 15 is 0 Å². The lowest BCUT2D eigenvalue weighted by Crippen LogP contribution is -2.14. The largest absolute Gasteiger partial charge is 0.497 e. The zero-order valence-corrected chi connectivity index (χ0v) is 12.3. The molecule has 0 radical (unpaired) electrons. The third-order valence-electron chi connectivity index (χ3n) is 3.14. The Balaban J connectivity index is 2.53. The number of benzene rings is 1. The van der Waals surface area contributed by atoms with E-state index in [2.05, 4.69) is 16.5 Å². The van der Waals surface area contributed by atoms with Gasteiger partial charge in [-0.2, -0.15) is 0 Å². The van der Waals surface area contributed by atoms with Gasteiger partial charge in [-0.15, -0.1) is 11.6 Å². The lowest BCUT2D eigenvalue weighted by molar-refractivity contribution is 0.162. The molecule has 5 heteroatoms. The summed E-state index contributed by atoms with van der Waals surface area (Å²) in [7, 11) is 3.37. The Bertz CT molecular complexity index is 554. The summed E-state index contributed by atoms with van der Waals surface area (Å²) in [6.07, 6.45) is 0.743. The molecule has 0 bridgehead atoms. The van der Waals surface area contributed by atoms with Crippen molar-refractivity contribution in [2.45, 2.75) is 19.4 Å². The molecular formula is C14H19ClN2O2. The van der Waals surface area contributed by atoms with Crippen LogP contribution in [-0.2, 0) is 11.2 Å². The minimum atomic E-state index is 0.224. The molecule has 0 aliphatic heterocycles. The van der Waals surface area contributed by atoms with Gasteiger partial charge in [-0.1, -0.05) is 0 Å². The molecule has 0 saturated carbocycles. The molecule has 1 atom stereocenters. The fourth-order valence-corrected chi connectivity index (χ4v) is 2.49. The number of halogens is 1. The van der Waals surface area contributed by atoms with E-state index in [0.29, 0.717) is 12.5 Å². The van der Waals surface area contributed by atoms with Gasteiger partial charge in [0.2, 0.25) is 0 Å². The molecule has 19 heavy (non-hydrogen) atoms. The van der Waals surface area contributed by atoms with Crippen molar-refractivity contribution in [3.63, 3.8) is 0 Å². The van der Waals surface area contributed by atoms with Crippen LogP contribution in [0.1, 0.15) is 18.8 Å². The summed E-state index contributed by atoms with van der Waals surface area (Å²) in [4.78, 5) is 4.66. The molecule has 0 spiro atoms. The van der Waals surface area contributed by atoms with E-state index < -0.39 is 0 Å². The van der Waals surface area contributed by atoms with Crippen LogP contribution < -0.4 is 4.74 Å². The summed E-state index contributed by atoms with van der Waals surface area (Å²) in [5, 5.41) is 0. The first-order valence-electron chi connectivity index (χ1n) is 6.31. The van der Waals surface area contributed by atoms with Crippen molar-refractivity contribution >= 4 is 22.6 Å². The molecule has 2 aromatic rings. The zero-order valence-electron chi connectivity index (χ0n) is 11.5. The number of rotatable bonds is 6. The fraction of sp³-hybridized carbons (Fsp3) is 0.500. The maximum Gasteiger partial charge on any atom is 0.121 e. The molecule has 2 rings (SSSR count). The quantitative estimate of drug-likeness (QED) is 0.764. The molecule has 1 unspecified atom stereocenters. The summed E-state index contributed by atoms with van der Waals surface area (Å²) in [5.74, 6) is 2.36. The molecule has 104 valence electrons. The van der Waals surface area contributed by atoms with E-state index in [1.807, 2.05) is 18.2 Å². The van der Waals surface area contributed by atoms with Gasteiger partial charge in [0.1, 0.15) is 11.6 Å². The molecular weight excluding hydrogens is 264 g/mol. The van der Waals surface area contributed by atoms with Gasteiger partial charge >= 0.3 is 0 Å². The SMILES string of the molecule is COCC(C)n1c(CCCl)nc2cc(OC)ccc21. The Morgan fingerprint density at radius 2 is 2.16 bits per heavy atom. The van der Waals surface area contributed by atoms with E-state index in [1.165, 1.54) is 0 Å². The number of methoxy groups -OCH3 is 2. The van der Waals surface area contributed by atoms with Crippen LogP contribution in [0.5, 0.6) is 5.75 Å². The summed E-state index contributed by atoms with van der Waals surface area (Å²) in [6, 6.07) is 6.15. The molecule has 0 fully saturated rings. The van der Waals surface area contributed by atoms with Gasteiger partial charge < -0.3 is 14.0 Å². The first-order valence-corrected chi connectivity index (χ1v) is 6.84. The topological polar surface area (TPSA) is 36.3 Å². The Morgan fingerprint density at radius 1 is 1.37 bits per heavy atom. The van der Waals surface area contributed by atoms with E-state index in [4.69, 9.17) is 21.1 Å². The smallest absolute Gasteiger partial charge is 0.121 e. The highest BCUT2D eigenvalue weighted by Gasteiger charge is 2.15. The van der Waals surface area contributed by atoms with Crippen molar-refractivity contribution in [2.24, 2.45) is 0 Å². The van der Waals surface area contributed by atoms with Crippen molar-refractivity contribution in [3.8, 4) is 5.75 Å². The van der Waals surface area contributed by atoms with Crippen molar-refractivity contribution in [2.75, 3.05) is 26.7 Å².